The van der Waals surface area contributed by atoms with Crippen LogP contribution in [0.3, 0.4) is 0 Å². The van der Waals surface area contributed by atoms with Crippen LogP contribution in [-0.4, -0.2) is 71.2 Å². The quantitative estimate of drug-likeness (QED) is 0.739. The van der Waals surface area contributed by atoms with Crippen molar-refractivity contribution in [2.24, 2.45) is 0 Å². The second-order valence-electron chi connectivity index (χ2n) is 6.06. The fourth-order valence-corrected chi connectivity index (χ4v) is 4.59. The Balaban J connectivity index is 2.40. The van der Waals surface area contributed by atoms with Crippen molar-refractivity contribution in [2.75, 3.05) is 47.5 Å². The van der Waals surface area contributed by atoms with E-state index in [1.165, 1.54) is 23.5 Å². The summed E-state index contributed by atoms with van der Waals surface area (Å²) in [5, 5.41) is 0. The van der Waals surface area contributed by atoms with E-state index in [1.54, 1.807) is 0 Å². The summed E-state index contributed by atoms with van der Waals surface area (Å²) in [4.78, 5) is 1.79. The summed E-state index contributed by atoms with van der Waals surface area (Å²) in [5.74, 6) is -0.452. The number of nitrogens with zero attached hydrogens (tertiary/aromatic N) is 2. The average Bonchev–Trinajstić information content (AvgIpc) is 2.55. The molecule has 136 valence electrons. The van der Waals surface area contributed by atoms with Gasteiger partial charge >= 0.3 is 0 Å². The highest BCUT2D eigenvalue weighted by molar-refractivity contribution is 7.89. The highest BCUT2D eigenvalue weighted by Gasteiger charge is 2.34. The Morgan fingerprint density at radius 3 is 2.50 bits per heavy atom. The molecule has 1 aromatic carbocycles. The van der Waals surface area contributed by atoms with E-state index in [-0.39, 0.29) is 16.7 Å². The smallest absolute Gasteiger partial charge is 0.247 e. The molecule has 6 nitrogen and oxygen atoms in total. The molecular formula is C16H25FN2O4S. The molecule has 8 heteroatoms. The van der Waals surface area contributed by atoms with Gasteiger partial charge in [-0.05, 0) is 45.1 Å². The van der Waals surface area contributed by atoms with Crippen LogP contribution < -0.4 is 4.74 Å². The van der Waals surface area contributed by atoms with Gasteiger partial charge in [0.15, 0.2) is 0 Å². The van der Waals surface area contributed by atoms with E-state index in [9.17, 15) is 12.8 Å². The molecule has 1 fully saturated rings. The molecule has 0 bridgehead atoms. The number of hydrogen-bond acceptors (Lipinski definition) is 5. The van der Waals surface area contributed by atoms with Gasteiger partial charge in [0.2, 0.25) is 10.0 Å². The second kappa shape index (κ2) is 8.24. The topological polar surface area (TPSA) is 59.1 Å². The fourth-order valence-electron chi connectivity index (χ4n) is 2.75. The average molecular weight is 360 g/mol. The molecule has 0 saturated carbocycles. The van der Waals surface area contributed by atoms with E-state index in [1.807, 2.05) is 19.0 Å². The van der Waals surface area contributed by atoms with Crippen LogP contribution in [0.15, 0.2) is 23.1 Å². The predicted molar refractivity (Wildman–Crippen MR) is 89.2 cm³/mol. The maximum Gasteiger partial charge on any atom is 0.247 e. The van der Waals surface area contributed by atoms with Gasteiger partial charge in [-0.2, -0.15) is 4.31 Å². The van der Waals surface area contributed by atoms with Gasteiger partial charge in [0.1, 0.15) is 16.5 Å². The lowest BCUT2D eigenvalue weighted by atomic mass is 10.1. The van der Waals surface area contributed by atoms with Crippen LogP contribution in [0.2, 0.25) is 0 Å². The van der Waals surface area contributed by atoms with Gasteiger partial charge in [-0.25, -0.2) is 12.8 Å². The molecule has 2 rings (SSSR count). The molecule has 24 heavy (non-hydrogen) atoms. The van der Waals surface area contributed by atoms with E-state index < -0.39 is 15.8 Å². The van der Waals surface area contributed by atoms with Gasteiger partial charge in [0, 0.05) is 32.3 Å². The second-order valence-corrected chi connectivity index (χ2v) is 7.92. The van der Waals surface area contributed by atoms with Gasteiger partial charge in [0.25, 0.3) is 0 Å². The Kier molecular flexibility index (Phi) is 6.56. The van der Waals surface area contributed by atoms with Crippen molar-refractivity contribution in [2.45, 2.75) is 23.8 Å². The zero-order valence-corrected chi connectivity index (χ0v) is 15.2. The fraction of sp³-hybridized carbons (Fsp3) is 0.625. The standard InChI is InChI=1S/C16H25FN2O4S/c1-18(2)8-9-19(14-6-10-23-11-7-14)24(20,21)16-12-13(17)4-5-15(16)22-3/h4-5,12,14H,6-11H2,1-3H3. The van der Waals surface area contributed by atoms with Crippen molar-refractivity contribution in [3.63, 3.8) is 0 Å². The molecule has 1 aliphatic heterocycles. The van der Waals surface area contributed by atoms with Gasteiger partial charge in [-0.1, -0.05) is 0 Å². The molecule has 1 aromatic rings. The summed E-state index contributed by atoms with van der Waals surface area (Å²) in [5.41, 5.74) is 0. The van der Waals surface area contributed by atoms with Gasteiger partial charge in [-0.3, -0.25) is 0 Å². The molecule has 0 unspecified atom stereocenters. The molecule has 0 amide bonds. The minimum Gasteiger partial charge on any atom is -0.495 e. The van der Waals surface area contributed by atoms with Crippen LogP contribution in [0.25, 0.3) is 0 Å². The summed E-state index contributed by atoms with van der Waals surface area (Å²) in [6.45, 7) is 1.96. The predicted octanol–water partition coefficient (Wildman–Crippen LogP) is 1.57. The van der Waals surface area contributed by atoms with Crippen LogP contribution in [-0.2, 0) is 14.8 Å². The number of rotatable bonds is 7. The Bertz CT molecular complexity index is 645. The molecule has 0 aliphatic carbocycles. The summed E-state index contributed by atoms with van der Waals surface area (Å²) in [6, 6.07) is 3.40. The van der Waals surface area contributed by atoms with Crippen LogP contribution in [0.4, 0.5) is 4.39 Å². The summed E-state index contributed by atoms with van der Waals surface area (Å²) < 4.78 is 52.0. The molecule has 1 saturated heterocycles. The van der Waals surface area contributed by atoms with Crippen molar-refractivity contribution >= 4 is 10.0 Å². The first-order valence-corrected chi connectivity index (χ1v) is 9.38. The number of methoxy groups -OCH3 is 1. The Hall–Kier alpha value is -1.22. The van der Waals surface area contributed by atoms with Crippen molar-refractivity contribution in [1.29, 1.82) is 0 Å². The van der Waals surface area contributed by atoms with E-state index in [4.69, 9.17) is 9.47 Å². The summed E-state index contributed by atoms with van der Waals surface area (Å²) in [6.07, 6.45) is 1.26. The maximum absolute atomic E-state index is 13.7. The highest BCUT2D eigenvalue weighted by atomic mass is 32.2. The van der Waals surface area contributed by atoms with Crippen molar-refractivity contribution in [3.05, 3.63) is 24.0 Å². The maximum atomic E-state index is 13.7. The minimum atomic E-state index is -3.88. The van der Waals surface area contributed by atoms with Gasteiger partial charge in [0.05, 0.1) is 7.11 Å². The highest BCUT2D eigenvalue weighted by Crippen LogP contribution is 2.30. The Morgan fingerprint density at radius 1 is 1.25 bits per heavy atom. The first-order valence-electron chi connectivity index (χ1n) is 7.94. The molecular weight excluding hydrogens is 335 g/mol. The summed E-state index contributed by atoms with van der Waals surface area (Å²) in [7, 11) is 1.28. The molecule has 1 heterocycles. The normalized spacial score (nSPS) is 16.8. The SMILES string of the molecule is COc1ccc(F)cc1S(=O)(=O)N(CCN(C)C)C1CCOCC1. The van der Waals surface area contributed by atoms with Gasteiger partial charge < -0.3 is 14.4 Å². The number of benzene rings is 1. The Labute approximate surface area is 143 Å². The van der Waals surface area contributed by atoms with E-state index in [0.29, 0.717) is 39.1 Å². The third kappa shape index (κ3) is 4.44. The Morgan fingerprint density at radius 2 is 1.92 bits per heavy atom. The van der Waals surface area contributed by atoms with Crippen LogP contribution in [0.5, 0.6) is 5.75 Å². The molecule has 0 atom stereocenters. The number of likely N-dealkylation sites (N-methyl/N-ethyl adjacent to an activating group) is 1. The number of halogens is 1. The number of ether oxygens (including phenoxy) is 2. The third-order valence-corrected chi connectivity index (χ3v) is 6.05. The molecule has 0 aromatic heterocycles. The van der Waals surface area contributed by atoms with E-state index in [2.05, 4.69) is 0 Å². The van der Waals surface area contributed by atoms with Crippen LogP contribution in [0, 0.1) is 5.82 Å². The number of hydrogen-bond donors (Lipinski definition) is 0. The minimum absolute atomic E-state index is 0.129. The lowest BCUT2D eigenvalue weighted by molar-refractivity contribution is 0.0572. The summed E-state index contributed by atoms with van der Waals surface area (Å²) >= 11 is 0. The largest absolute Gasteiger partial charge is 0.495 e. The molecule has 0 spiro atoms. The van der Waals surface area contributed by atoms with Crippen molar-refractivity contribution in [3.8, 4) is 5.75 Å². The molecule has 1 aliphatic rings. The lowest BCUT2D eigenvalue weighted by Crippen LogP contribution is -2.46. The van der Waals surface area contributed by atoms with E-state index in [0.717, 1.165) is 6.07 Å². The lowest BCUT2D eigenvalue weighted by Gasteiger charge is -2.34. The zero-order valence-electron chi connectivity index (χ0n) is 14.4. The van der Waals surface area contributed by atoms with Crippen molar-refractivity contribution < 1.29 is 22.3 Å². The van der Waals surface area contributed by atoms with Crippen LogP contribution in [0.1, 0.15) is 12.8 Å². The number of sulfonamides is 1. The third-order valence-electron chi connectivity index (χ3n) is 4.08. The van der Waals surface area contributed by atoms with E-state index >= 15 is 0 Å². The zero-order chi connectivity index (χ0) is 17.7. The molecule has 0 radical (unpaired) electrons. The van der Waals surface area contributed by atoms with Crippen molar-refractivity contribution in [1.82, 2.24) is 9.21 Å². The van der Waals surface area contributed by atoms with Crippen LogP contribution >= 0.6 is 0 Å². The molecule has 0 N–H and O–H groups in total. The monoisotopic (exact) mass is 360 g/mol. The van der Waals surface area contributed by atoms with Gasteiger partial charge in [-0.15, -0.1) is 0 Å². The first-order chi connectivity index (χ1) is 11.4. The first kappa shape index (κ1) is 19.1.